The van der Waals surface area contributed by atoms with Crippen LogP contribution in [0.15, 0.2) is 30.3 Å². The van der Waals surface area contributed by atoms with E-state index in [2.05, 4.69) is 47.5 Å². The number of unbranched alkanes of at least 4 members (excludes halogenated alkanes) is 1. The fourth-order valence-electron chi connectivity index (χ4n) is 2.99. The lowest BCUT2D eigenvalue weighted by atomic mass is 10.0. The molecule has 2 heteroatoms. The van der Waals surface area contributed by atoms with Crippen molar-refractivity contribution in [2.75, 3.05) is 26.2 Å². The van der Waals surface area contributed by atoms with Crippen LogP contribution in [-0.2, 0) is 6.42 Å². The summed E-state index contributed by atoms with van der Waals surface area (Å²) in [6, 6.07) is 11.6. The maximum atomic E-state index is 3.74. The van der Waals surface area contributed by atoms with E-state index in [4.69, 9.17) is 0 Å². The molecule has 1 heterocycles. The van der Waals surface area contributed by atoms with Crippen molar-refractivity contribution < 1.29 is 0 Å². The van der Waals surface area contributed by atoms with Crippen molar-refractivity contribution in [3.63, 3.8) is 0 Å². The first kappa shape index (κ1) is 15.5. The molecular formula is C18H30N2. The molecule has 20 heavy (non-hydrogen) atoms. The van der Waals surface area contributed by atoms with Crippen molar-refractivity contribution in [1.82, 2.24) is 10.2 Å². The molecule has 112 valence electrons. The zero-order chi connectivity index (χ0) is 14.0. The van der Waals surface area contributed by atoms with Gasteiger partial charge >= 0.3 is 0 Å². The Labute approximate surface area is 124 Å². The minimum absolute atomic E-state index is 0.753. The molecule has 0 atom stereocenters. The summed E-state index contributed by atoms with van der Waals surface area (Å²) in [6.07, 6.45) is 7.78. The molecule has 1 aliphatic heterocycles. The second-order valence-electron chi connectivity index (χ2n) is 6.01. The van der Waals surface area contributed by atoms with Crippen LogP contribution in [0.5, 0.6) is 0 Å². The fraction of sp³-hybridized carbons (Fsp3) is 0.667. The molecule has 0 radical (unpaired) electrons. The average Bonchev–Trinajstić information content (AvgIpc) is 2.52. The second kappa shape index (κ2) is 9.15. The number of aryl methyl sites for hydroxylation is 1. The van der Waals surface area contributed by atoms with Gasteiger partial charge in [0.05, 0.1) is 0 Å². The van der Waals surface area contributed by atoms with Crippen molar-refractivity contribution in [1.29, 1.82) is 0 Å². The van der Waals surface area contributed by atoms with Gasteiger partial charge in [0, 0.05) is 6.04 Å². The molecule has 0 amide bonds. The van der Waals surface area contributed by atoms with E-state index >= 15 is 0 Å². The Kier molecular flexibility index (Phi) is 7.10. The lowest BCUT2D eigenvalue weighted by molar-refractivity contribution is 0.195. The summed E-state index contributed by atoms with van der Waals surface area (Å²) in [5.41, 5.74) is 1.46. The van der Waals surface area contributed by atoms with Crippen molar-refractivity contribution in [3.8, 4) is 0 Å². The van der Waals surface area contributed by atoms with E-state index in [9.17, 15) is 0 Å². The highest BCUT2D eigenvalue weighted by Gasteiger charge is 2.17. The highest BCUT2D eigenvalue weighted by Crippen LogP contribution is 2.11. The van der Waals surface area contributed by atoms with E-state index in [0.29, 0.717) is 0 Å². The van der Waals surface area contributed by atoms with Crippen LogP contribution in [0.1, 0.15) is 44.6 Å². The van der Waals surface area contributed by atoms with Crippen LogP contribution in [0.4, 0.5) is 0 Å². The Morgan fingerprint density at radius 2 is 1.85 bits per heavy atom. The molecule has 2 rings (SSSR count). The summed E-state index contributed by atoms with van der Waals surface area (Å²) in [7, 11) is 0. The molecule has 1 fully saturated rings. The van der Waals surface area contributed by atoms with Gasteiger partial charge in [0.1, 0.15) is 0 Å². The topological polar surface area (TPSA) is 15.3 Å². The molecule has 0 aromatic heterocycles. The molecule has 1 saturated heterocycles. The third kappa shape index (κ3) is 5.64. The van der Waals surface area contributed by atoms with Crippen LogP contribution in [0, 0.1) is 0 Å². The lowest BCUT2D eigenvalue weighted by Gasteiger charge is -2.32. The van der Waals surface area contributed by atoms with E-state index in [1.807, 2.05) is 0 Å². The summed E-state index contributed by atoms with van der Waals surface area (Å²) in [5, 5.41) is 3.74. The van der Waals surface area contributed by atoms with Crippen LogP contribution in [0.3, 0.4) is 0 Å². The van der Waals surface area contributed by atoms with Crippen molar-refractivity contribution in [3.05, 3.63) is 35.9 Å². The Morgan fingerprint density at radius 3 is 2.55 bits per heavy atom. The van der Waals surface area contributed by atoms with Gasteiger partial charge in [0.25, 0.3) is 0 Å². The van der Waals surface area contributed by atoms with E-state index in [0.717, 1.165) is 12.6 Å². The van der Waals surface area contributed by atoms with E-state index in [1.165, 1.54) is 63.7 Å². The first-order valence-electron chi connectivity index (χ1n) is 8.38. The summed E-state index contributed by atoms with van der Waals surface area (Å²) in [6.45, 7) is 7.32. The standard InChI is InChI=1S/C18H30N2/c1-2-3-14-20-15-11-18(12-16-20)19-13-7-10-17-8-5-4-6-9-17/h4-6,8-9,18-19H,2-3,7,10-16H2,1H3. The number of nitrogens with one attached hydrogen (secondary N) is 1. The van der Waals surface area contributed by atoms with Gasteiger partial charge in [-0.2, -0.15) is 0 Å². The largest absolute Gasteiger partial charge is 0.314 e. The van der Waals surface area contributed by atoms with Gasteiger partial charge in [0.15, 0.2) is 0 Å². The molecule has 0 bridgehead atoms. The summed E-state index contributed by atoms with van der Waals surface area (Å²) >= 11 is 0. The number of benzene rings is 1. The predicted octanol–water partition coefficient (Wildman–Crippen LogP) is 3.47. The Bertz CT molecular complexity index is 342. The zero-order valence-corrected chi connectivity index (χ0v) is 13.0. The monoisotopic (exact) mass is 274 g/mol. The SMILES string of the molecule is CCCCN1CCC(NCCCc2ccccc2)CC1. The highest BCUT2D eigenvalue weighted by atomic mass is 15.1. The van der Waals surface area contributed by atoms with Crippen LogP contribution in [0.25, 0.3) is 0 Å². The van der Waals surface area contributed by atoms with Crippen LogP contribution in [0.2, 0.25) is 0 Å². The first-order chi connectivity index (χ1) is 9.88. The van der Waals surface area contributed by atoms with Gasteiger partial charge in [-0.3, -0.25) is 0 Å². The fourth-order valence-corrected chi connectivity index (χ4v) is 2.99. The normalized spacial score (nSPS) is 17.4. The second-order valence-corrected chi connectivity index (χ2v) is 6.01. The van der Waals surface area contributed by atoms with Gasteiger partial charge < -0.3 is 10.2 Å². The molecule has 1 aromatic rings. The lowest BCUT2D eigenvalue weighted by Crippen LogP contribution is -2.43. The quantitative estimate of drug-likeness (QED) is 0.730. The van der Waals surface area contributed by atoms with E-state index in [1.54, 1.807) is 0 Å². The van der Waals surface area contributed by atoms with E-state index in [-0.39, 0.29) is 0 Å². The maximum absolute atomic E-state index is 3.74. The molecule has 2 nitrogen and oxygen atoms in total. The number of rotatable bonds is 8. The third-order valence-electron chi connectivity index (χ3n) is 4.33. The molecule has 0 unspecified atom stereocenters. The van der Waals surface area contributed by atoms with E-state index < -0.39 is 0 Å². The molecule has 0 spiro atoms. The van der Waals surface area contributed by atoms with Crippen LogP contribution < -0.4 is 5.32 Å². The number of likely N-dealkylation sites (tertiary alicyclic amines) is 1. The maximum Gasteiger partial charge on any atom is 0.00914 e. The third-order valence-corrected chi connectivity index (χ3v) is 4.33. The summed E-state index contributed by atoms with van der Waals surface area (Å²) in [5.74, 6) is 0. The summed E-state index contributed by atoms with van der Waals surface area (Å²) < 4.78 is 0. The highest BCUT2D eigenvalue weighted by molar-refractivity contribution is 5.14. The average molecular weight is 274 g/mol. The minimum atomic E-state index is 0.753. The number of piperidine rings is 1. The molecule has 0 aliphatic carbocycles. The smallest absolute Gasteiger partial charge is 0.00914 e. The zero-order valence-electron chi connectivity index (χ0n) is 13.0. The van der Waals surface area contributed by atoms with Crippen molar-refractivity contribution >= 4 is 0 Å². The Morgan fingerprint density at radius 1 is 1.10 bits per heavy atom. The molecule has 1 N–H and O–H groups in total. The first-order valence-corrected chi connectivity index (χ1v) is 8.38. The van der Waals surface area contributed by atoms with Gasteiger partial charge in [-0.15, -0.1) is 0 Å². The number of nitrogens with zero attached hydrogens (tertiary/aromatic N) is 1. The van der Waals surface area contributed by atoms with Crippen molar-refractivity contribution in [2.45, 2.75) is 51.5 Å². The predicted molar refractivity (Wildman–Crippen MR) is 87.1 cm³/mol. The van der Waals surface area contributed by atoms with Gasteiger partial charge in [-0.25, -0.2) is 0 Å². The minimum Gasteiger partial charge on any atom is -0.314 e. The number of hydrogen-bond donors (Lipinski definition) is 1. The molecule has 0 saturated carbocycles. The van der Waals surface area contributed by atoms with Gasteiger partial charge in [-0.1, -0.05) is 43.7 Å². The van der Waals surface area contributed by atoms with Crippen LogP contribution >= 0.6 is 0 Å². The van der Waals surface area contributed by atoms with Gasteiger partial charge in [0.2, 0.25) is 0 Å². The summed E-state index contributed by atoms with van der Waals surface area (Å²) in [4.78, 5) is 2.63. The number of hydrogen-bond acceptors (Lipinski definition) is 2. The molecule has 1 aromatic carbocycles. The van der Waals surface area contributed by atoms with Gasteiger partial charge in [-0.05, 0) is 63.8 Å². The van der Waals surface area contributed by atoms with Crippen LogP contribution in [-0.4, -0.2) is 37.1 Å². The molecule has 1 aliphatic rings. The Hall–Kier alpha value is -0.860. The van der Waals surface area contributed by atoms with Crippen molar-refractivity contribution in [2.24, 2.45) is 0 Å². The Balaban J connectivity index is 1.53. The molecular weight excluding hydrogens is 244 g/mol.